The van der Waals surface area contributed by atoms with E-state index in [9.17, 15) is 13.2 Å². The zero-order chi connectivity index (χ0) is 16.3. The van der Waals surface area contributed by atoms with Crippen molar-refractivity contribution in [3.63, 3.8) is 0 Å². The molecule has 22 heavy (non-hydrogen) atoms. The van der Waals surface area contributed by atoms with E-state index in [1.807, 2.05) is 31.2 Å². The highest BCUT2D eigenvalue weighted by Gasteiger charge is 2.34. The van der Waals surface area contributed by atoms with Crippen LogP contribution < -0.4 is 4.74 Å². The fourth-order valence-electron chi connectivity index (χ4n) is 2.12. The first kappa shape index (κ1) is 15.9. The molecule has 0 heterocycles. The molecule has 0 aromatic heterocycles. The van der Waals surface area contributed by atoms with Crippen molar-refractivity contribution in [3.05, 3.63) is 64.7 Å². The number of halogens is 3. The molecule has 2 nitrogen and oxygen atoms in total. The highest BCUT2D eigenvalue weighted by molar-refractivity contribution is 5.44. The summed E-state index contributed by atoms with van der Waals surface area (Å²) in [6.07, 6.45) is -4.98. The number of benzene rings is 2. The van der Waals surface area contributed by atoms with Crippen LogP contribution in [0.1, 0.15) is 35.3 Å². The average Bonchev–Trinajstić information content (AvgIpc) is 2.46. The maximum absolute atomic E-state index is 12.9. The number of rotatable bonds is 3. The van der Waals surface area contributed by atoms with E-state index in [-0.39, 0.29) is 5.75 Å². The largest absolute Gasteiger partial charge is 0.486 e. The minimum absolute atomic E-state index is 0.0836. The van der Waals surface area contributed by atoms with Crippen LogP contribution in [-0.4, -0.2) is 0 Å². The molecule has 0 saturated carbocycles. The normalized spacial score (nSPS) is 12.5. The van der Waals surface area contributed by atoms with Crippen molar-refractivity contribution in [2.75, 3.05) is 0 Å². The lowest BCUT2D eigenvalue weighted by Crippen LogP contribution is -2.09. The van der Waals surface area contributed by atoms with Gasteiger partial charge in [-0.05, 0) is 37.6 Å². The van der Waals surface area contributed by atoms with E-state index >= 15 is 0 Å². The van der Waals surface area contributed by atoms with Gasteiger partial charge in [0.15, 0.2) is 0 Å². The number of nitrogens with zero attached hydrogens (tertiary/aromatic N) is 1. The zero-order valence-corrected chi connectivity index (χ0v) is 12.1. The molecular formula is C17H14F3NO. The lowest BCUT2D eigenvalue weighted by atomic mass is 10.1. The predicted octanol–water partition coefficient (Wildman–Crippen LogP) is 5.03. The van der Waals surface area contributed by atoms with Crippen molar-refractivity contribution in [1.29, 1.82) is 5.26 Å². The molecule has 114 valence electrons. The van der Waals surface area contributed by atoms with Crippen LogP contribution in [0.2, 0.25) is 0 Å². The second-order valence-corrected chi connectivity index (χ2v) is 4.99. The van der Waals surface area contributed by atoms with Crippen molar-refractivity contribution < 1.29 is 17.9 Å². The van der Waals surface area contributed by atoms with Crippen LogP contribution in [0.25, 0.3) is 0 Å². The van der Waals surface area contributed by atoms with Crippen LogP contribution in [0, 0.1) is 18.3 Å². The molecule has 0 fully saturated rings. The van der Waals surface area contributed by atoms with E-state index in [1.54, 1.807) is 13.0 Å². The van der Waals surface area contributed by atoms with Gasteiger partial charge in [-0.1, -0.05) is 29.8 Å². The maximum Gasteiger partial charge on any atom is 0.417 e. The molecule has 1 unspecified atom stereocenters. The summed E-state index contributed by atoms with van der Waals surface area (Å²) in [5, 5.41) is 8.77. The Labute approximate surface area is 126 Å². The summed E-state index contributed by atoms with van der Waals surface area (Å²) in [5.74, 6) is 0.0836. The topological polar surface area (TPSA) is 33.0 Å². The van der Waals surface area contributed by atoms with Gasteiger partial charge in [0.25, 0.3) is 0 Å². The molecule has 0 aliphatic heterocycles. The second-order valence-electron chi connectivity index (χ2n) is 4.99. The molecule has 1 atom stereocenters. The Hall–Kier alpha value is -2.48. The molecular weight excluding hydrogens is 291 g/mol. The van der Waals surface area contributed by atoms with Gasteiger partial charge >= 0.3 is 6.18 Å². The van der Waals surface area contributed by atoms with Crippen molar-refractivity contribution >= 4 is 0 Å². The third-order valence-electron chi connectivity index (χ3n) is 3.24. The first-order valence-electron chi connectivity index (χ1n) is 6.66. The standard InChI is InChI=1S/C17H14F3NO/c1-11-4-3-5-13(8-11)12(2)22-15-7-6-14(10-21)16(9-15)17(18,19)20/h3-9,12H,1-2H3. The fraction of sp³-hybridized carbons (Fsp3) is 0.235. The van der Waals surface area contributed by atoms with E-state index in [0.717, 1.165) is 23.3 Å². The number of aryl methyl sites for hydroxylation is 1. The number of nitriles is 1. The Kier molecular flexibility index (Phi) is 4.41. The first-order chi connectivity index (χ1) is 10.3. The Bertz CT molecular complexity index is 717. The van der Waals surface area contributed by atoms with Crippen LogP contribution >= 0.6 is 0 Å². The fourth-order valence-corrected chi connectivity index (χ4v) is 2.12. The van der Waals surface area contributed by atoms with Gasteiger partial charge in [-0.25, -0.2) is 0 Å². The van der Waals surface area contributed by atoms with Crippen molar-refractivity contribution in [3.8, 4) is 11.8 Å². The quantitative estimate of drug-likeness (QED) is 0.797. The van der Waals surface area contributed by atoms with E-state index in [2.05, 4.69) is 0 Å². The molecule has 0 radical (unpaired) electrons. The first-order valence-corrected chi connectivity index (χ1v) is 6.66. The molecule has 2 aromatic carbocycles. The van der Waals surface area contributed by atoms with Crippen LogP contribution in [0.4, 0.5) is 13.2 Å². The minimum Gasteiger partial charge on any atom is -0.486 e. The molecule has 0 amide bonds. The maximum atomic E-state index is 12.9. The Morgan fingerprint density at radius 1 is 1.14 bits per heavy atom. The van der Waals surface area contributed by atoms with Crippen LogP contribution in [0.3, 0.4) is 0 Å². The number of alkyl halides is 3. The van der Waals surface area contributed by atoms with E-state index < -0.39 is 23.4 Å². The van der Waals surface area contributed by atoms with Gasteiger partial charge in [0, 0.05) is 0 Å². The Morgan fingerprint density at radius 3 is 2.45 bits per heavy atom. The summed E-state index contributed by atoms with van der Waals surface area (Å²) >= 11 is 0. The number of hydrogen-bond acceptors (Lipinski definition) is 2. The van der Waals surface area contributed by atoms with Gasteiger partial charge in [0.1, 0.15) is 11.9 Å². The molecule has 0 aliphatic rings. The molecule has 0 N–H and O–H groups in total. The molecule has 0 saturated heterocycles. The molecule has 0 spiro atoms. The predicted molar refractivity (Wildman–Crippen MR) is 76.4 cm³/mol. The monoisotopic (exact) mass is 305 g/mol. The highest BCUT2D eigenvalue weighted by atomic mass is 19.4. The van der Waals surface area contributed by atoms with Gasteiger partial charge in [-0.2, -0.15) is 18.4 Å². The third kappa shape index (κ3) is 3.59. The van der Waals surface area contributed by atoms with Crippen molar-refractivity contribution in [2.45, 2.75) is 26.1 Å². The van der Waals surface area contributed by atoms with Crippen molar-refractivity contribution in [1.82, 2.24) is 0 Å². The van der Waals surface area contributed by atoms with E-state index in [1.165, 1.54) is 6.07 Å². The Balaban J connectivity index is 2.29. The second kappa shape index (κ2) is 6.10. The third-order valence-corrected chi connectivity index (χ3v) is 3.24. The number of ether oxygens (including phenoxy) is 1. The van der Waals surface area contributed by atoms with E-state index in [0.29, 0.717) is 0 Å². The molecule has 2 aromatic rings. The minimum atomic E-state index is -4.59. The molecule has 2 rings (SSSR count). The van der Waals surface area contributed by atoms with Gasteiger partial charge in [0.2, 0.25) is 0 Å². The zero-order valence-electron chi connectivity index (χ0n) is 12.1. The van der Waals surface area contributed by atoms with Gasteiger partial charge in [0.05, 0.1) is 17.2 Å². The molecule has 0 bridgehead atoms. The molecule has 0 aliphatic carbocycles. The van der Waals surface area contributed by atoms with Crippen LogP contribution in [-0.2, 0) is 6.18 Å². The van der Waals surface area contributed by atoms with Gasteiger partial charge in [-0.3, -0.25) is 0 Å². The van der Waals surface area contributed by atoms with Crippen LogP contribution in [0.15, 0.2) is 42.5 Å². The summed E-state index contributed by atoms with van der Waals surface area (Å²) in [4.78, 5) is 0. The summed E-state index contributed by atoms with van der Waals surface area (Å²) in [6, 6.07) is 12.5. The van der Waals surface area contributed by atoms with E-state index in [4.69, 9.17) is 10.00 Å². The lowest BCUT2D eigenvalue weighted by molar-refractivity contribution is -0.137. The SMILES string of the molecule is Cc1cccc(C(C)Oc2ccc(C#N)c(C(F)(F)F)c2)c1. The summed E-state index contributed by atoms with van der Waals surface area (Å²) < 4.78 is 44.3. The summed E-state index contributed by atoms with van der Waals surface area (Å²) in [6.45, 7) is 3.69. The van der Waals surface area contributed by atoms with Gasteiger partial charge in [-0.15, -0.1) is 0 Å². The number of hydrogen-bond donors (Lipinski definition) is 0. The summed E-state index contributed by atoms with van der Waals surface area (Å²) in [5.41, 5.74) is 0.522. The summed E-state index contributed by atoms with van der Waals surface area (Å²) in [7, 11) is 0. The van der Waals surface area contributed by atoms with Crippen LogP contribution in [0.5, 0.6) is 5.75 Å². The average molecular weight is 305 g/mol. The Morgan fingerprint density at radius 2 is 1.86 bits per heavy atom. The van der Waals surface area contributed by atoms with Gasteiger partial charge < -0.3 is 4.74 Å². The van der Waals surface area contributed by atoms with Crippen molar-refractivity contribution in [2.24, 2.45) is 0 Å². The molecule has 5 heteroatoms. The highest BCUT2D eigenvalue weighted by Crippen LogP contribution is 2.35. The lowest BCUT2D eigenvalue weighted by Gasteiger charge is -2.17. The smallest absolute Gasteiger partial charge is 0.417 e.